The van der Waals surface area contributed by atoms with Gasteiger partial charge in [0.25, 0.3) is 6.02 Å². The van der Waals surface area contributed by atoms with Crippen molar-refractivity contribution in [1.29, 1.82) is 0 Å². The summed E-state index contributed by atoms with van der Waals surface area (Å²) in [5.74, 6) is -1.91. The Bertz CT molecular complexity index is 1640. The lowest BCUT2D eigenvalue weighted by Crippen LogP contribution is -2.33. The lowest BCUT2D eigenvalue weighted by Gasteiger charge is -2.28. The summed E-state index contributed by atoms with van der Waals surface area (Å²) in [6.45, 7) is 17.4. The van der Waals surface area contributed by atoms with Crippen molar-refractivity contribution in [3.63, 3.8) is 0 Å². The van der Waals surface area contributed by atoms with Gasteiger partial charge in [0, 0.05) is 55.9 Å². The molecule has 1 aliphatic heterocycles. The standard InChI is InChI=1S/C33H41F2N4O3PSi/c1-33(2)19-37-32(41-20-33)38-23-16-26(34)30(27(35)17-23)42-28-12-13-36-31-29(28)25(22-8-10-24(11-9-22)43(3)4)18-39(31)21-40-14-15-44(5,6)7/h8-13,16-18H,14-15,19-21H2,1-7H3,(H,37,38). The summed E-state index contributed by atoms with van der Waals surface area (Å²) in [7, 11) is -1.50. The molecule has 5 rings (SSSR count). The van der Waals surface area contributed by atoms with Crippen LogP contribution in [0.5, 0.6) is 11.5 Å². The smallest absolute Gasteiger partial charge is 0.289 e. The fourth-order valence-corrected chi connectivity index (χ4v) is 6.25. The SMILES string of the molecule is CP(C)c1ccc(-c2cn(COCC[Si](C)(C)C)c3nccc(Oc4c(F)cc(NC5=NCC(C)(C)CO5)cc4F)c23)cc1. The first-order chi connectivity index (χ1) is 20.8. The van der Waals surface area contributed by atoms with Gasteiger partial charge in [-0.1, -0.05) is 65.7 Å². The fraction of sp³-hybridized carbons (Fsp3) is 0.394. The Labute approximate surface area is 260 Å². The lowest BCUT2D eigenvalue weighted by atomic mass is 9.95. The van der Waals surface area contributed by atoms with Gasteiger partial charge in [0.15, 0.2) is 17.4 Å². The maximum absolute atomic E-state index is 15.4. The van der Waals surface area contributed by atoms with Crippen LogP contribution < -0.4 is 15.4 Å². The van der Waals surface area contributed by atoms with Crippen molar-refractivity contribution in [1.82, 2.24) is 9.55 Å². The predicted molar refractivity (Wildman–Crippen MR) is 180 cm³/mol. The monoisotopic (exact) mass is 638 g/mol. The number of hydrogen-bond donors (Lipinski definition) is 1. The minimum atomic E-state index is -1.25. The molecule has 44 heavy (non-hydrogen) atoms. The third-order valence-corrected chi connectivity index (χ3v) is 10.4. The van der Waals surface area contributed by atoms with E-state index in [9.17, 15) is 0 Å². The second kappa shape index (κ2) is 13.0. The predicted octanol–water partition coefficient (Wildman–Crippen LogP) is 8.28. The average molecular weight is 639 g/mol. The molecule has 0 aliphatic carbocycles. The highest BCUT2D eigenvalue weighted by Gasteiger charge is 2.25. The summed E-state index contributed by atoms with van der Waals surface area (Å²) in [5.41, 5.74) is 2.49. The normalized spacial score (nSPS) is 14.9. The van der Waals surface area contributed by atoms with Gasteiger partial charge in [-0.2, -0.15) is 0 Å². The van der Waals surface area contributed by atoms with Gasteiger partial charge in [-0.3, -0.25) is 0 Å². The fourth-order valence-electron chi connectivity index (χ4n) is 4.75. The molecule has 1 aliphatic rings. The molecular weight excluding hydrogens is 597 g/mol. The Balaban J connectivity index is 1.48. The van der Waals surface area contributed by atoms with Crippen molar-refractivity contribution in [3.8, 4) is 22.6 Å². The first-order valence-electron chi connectivity index (χ1n) is 14.7. The molecular formula is C33H41F2N4O3PSi. The van der Waals surface area contributed by atoms with Crippen LogP contribution in [-0.4, -0.2) is 56.7 Å². The second-order valence-electron chi connectivity index (χ2n) is 13.4. The minimum absolute atomic E-state index is 0.0928. The van der Waals surface area contributed by atoms with Crippen LogP contribution in [0.2, 0.25) is 25.7 Å². The Morgan fingerprint density at radius 2 is 1.77 bits per heavy atom. The van der Waals surface area contributed by atoms with Crippen LogP contribution >= 0.6 is 7.92 Å². The molecule has 4 aromatic rings. The number of pyridine rings is 1. The van der Waals surface area contributed by atoms with Crippen molar-refractivity contribution >= 4 is 44.0 Å². The molecule has 0 spiro atoms. The topological polar surface area (TPSA) is 69.9 Å². The van der Waals surface area contributed by atoms with E-state index in [0.29, 0.717) is 43.3 Å². The minimum Gasteiger partial charge on any atom is -0.464 e. The van der Waals surface area contributed by atoms with Gasteiger partial charge in [-0.15, -0.1) is 0 Å². The molecule has 0 radical (unpaired) electrons. The molecule has 1 N–H and O–H groups in total. The van der Waals surface area contributed by atoms with Crippen molar-refractivity contribution in [2.75, 3.05) is 38.4 Å². The van der Waals surface area contributed by atoms with Crippen LogP contribution in [0.4, 0.5) is 14.5 Å². The summed E-state index contributed by atoms with van der Waals surface area (Å²) < 4.78 is 50.4. The zero-order valence-corrected chi connectivity index (χ0v) is 28.4. The van der Waals surface area contributed by atoms with Gasteiger partial charge >= 0.3 is 0 Å². The number of nitrogens with zero attached hydrogens (tertiary/aromatic N) is 3. The van der Waals surface area contributed by atoms with E-state index < -0.39 is 25.5 Å². The van der Waals surface area contributed by atoms with Crippen molar-refractivity contribution < 1.29 is 23.0 Å². The quantitative estimate of drug-likeness (QED) is 0.108. The van der Waals surface area contributed by atoms with E-state index in [1.807, 2.05) is 24.6 Å². The van der Waals surface area contributed by atoms with Crippen LogP contribution in [0.1, 0.15) is 13.8 Å². The van der Waals surface area contributed by atoms with E-state index in [1.54, 1.807) is 12.3 Å². The number of aromatic nitrogens is 2. The van der Waals surface area contributed by atoms with Gasteiger partial charge in [0.05, 0.1) is 18.5 Å². The van der Waals surface area contributed by atoms with E-state index >= 15 is 8.78 Å². The van der Waals surface area contributed by atoms with E-state index in [-0.39, 0.29) is 25.0 Å². The summed E-state index contributed by atoms with van der Waals surface area (Å²) in [4.78, 5) is 8.97. The van der Waals surface area contributed by atoms with Crippen molar-refractivity contribution in [2.24, 2.45) is 10.4 Å². The Kier molecular flexibility index (Phi) is 9.44. The number of amidine groups is 1. The third kappa shape index (κ3) is 7.65. The highest BCUT2D eigenvalue weighted by molar-refractivity contribution is 7.64. The number of hydrogen-bond acceptors (Lipinski definition) is 6. The van der Waals surface area contributed by atoms with Crippen LogP contribution in [0.15, 0.2) is 59.9 Å². The lowest BCUT2D eigenvalue weighted by molar-refractivity contribution is 0.0899. The number of rotatable bonds is 10. The first kappa shape index (κ1) is 32.1. The molecule has 0 unspecified atom stereocenters. The van der Waals surface area contributed by atoms with Crippen LogP contribution in [0.25, 0.3) is 22.2 Å². The molecule has 0 fully saturated rings. The maximum atomic E-state index is 15.4. The Morgan fingerprint density at radius 3 is 2.39 bits per heavy atom. The zero-order valence-electron chi connectivity index (χ0n) is 26.5. The Hall–Kier alpha value is -3.33. The van der Waals surface area contributed by atoms with Gasteiger partial charge < -0.3 is 24.1 Å². The largest absolute Gasteiger partial charge is 0.464 e. The second-order valence-corrected chi connectivity index (χ2v) is 21.3. The number of nitrogens with one attached hydrogen (secondary N) is 1. The van der Waals surface area contributed by atoms with Crippen LogP contribution in [-0.2, 0) is 16.2 Å². The van der Waals surface area contributed by atoms with E-state index in [2.05, 4.69) is 72.5 Å². The summed E-state index contributed by atoms with van der Waals surface area (Å²) >= 11 is 0. The third-order valence-electron chi connectivity index (χ3n) is 7.35. The van der Waals surface area contributed by atoms with Gasteiger partial charge in [-0.05, 0) is 36.3 Å². The van der Waals surface area contributed by atoms with Gasteiger partial charge in [0.1, 0.15) is 18.1 Å². The molecule has 0 atom stereocenters. The molecule has 3 heterocycles. The van der Waals surface area contributed by atoms with Gasteiger partial charge in [0.2, 0.25) is 0 Å². The summed E-state index contributed by atoms with van der Waals surface area (Å²) in [6, 6.07) is 13.6. The van der Waals surface area contributed by atoms with Gasteiger partial charge in [-0.25, -0.2) is 18.8 Å². The number of fused-ring (bicyclic) bond motifs is 1. The molecule has 0 bridgehead atoms. The number of ether oxygens (including phenoxy) is 3. The molecule has 7 nitrogen and oxygen atoms in total. The number of halogens is 2. The summed E-state index contributed by atoms with van der Waals surface area (Å²) in [5, 5.41) is 4.80. The molecule has 2 aromatic carbocycles. The maximum Gasteiger partial charge on any atom is 0.289 e. The molecule has 0 saturated carbocycles. The highest BCUT2D eigenvalue weighted by Crippen LogP contribution is 2.40. The van der Waals surface area contributed by atoms with Crippen LogP contribution in [0, 0.1) is 17.0 Å². The number of benzene rings is 2. The number of anilines is 1. The highest BCUT2D eigenvalue weighted by atomic mass is 31.1. The number of aliphatic imine (C=N–C) groups is 1. The molecule has 11 heteroatoms. The first-order valence-corrected chi connectivity index (χ1v) is 20.7. The summed E-state index contributed by atoms with van der Waals surface area (Å²) in [6.07, 6.45) is 3.55. The molecule has 0 amide bonds. The van der Waals surface area contributed by atoms with E-state index in [1.165, 1.54) is 17.4 Å². The molecule has 2 aromatic heterocycles. The molecule has 0 saturated heterocycles. The van der Waals surface area contributed by atoms with Crippen LogP contribution in [0.3, 0.4) is 0 Å². The molecule has 234 valence electrons. The Morgan fingerprint density at radius 1 is 1.07 bits per heavy atom. The average Bonchev–Trinajstić information content (AvgIpc) is 3.33. The van der Waals surface area contributed by atoms with Crippen molar-refractivity contribution in [2.45, 2.75) is 46.3 Å². The van der Waals surface area contributed by atoms with Crippen molar-refractivity contribution in [3.05, 3.63) is 66.5 Å². The van der Waals surface area contributed by atoms with E-state index in [4.69, 9.17) is 14.2 Å². The zero-order chi connectivity index (χ0) is 31.6. The van der Waals surface area contributed by atoms with E-state index in [0.717, 1.165) is 17.2 Å².